The number of carboxylic acid groups (broad SMARTS) is 1. The van der Waals surface area contributed by atoms with Crippen LogP contribution in [-0.4, -0.2) is 11.1 Å². The first-order valence-corrected chi connectivity index (χ1v) is 3.82. The number of aliphatic carboxylic acids is 1. The fourth-order valence-electron chi connectivity index (χ4n) is 1.29. The third-order valence-corrected chi connectivity index (χ3v) is 2.25. The van der Waals surface area contributed by atoms with Crippen LogP contribution >= 0.6 is 0 Å². The lowest BCUT2D eigenvalue weighted by Crippen LogP contribution is -2.29. The van der Waals surface area contributed by atoms with Crippen molar-refractivity contribution >= 4 is 5.97 Å². The molecule has 0 aliphatic heterocycles. The molecule has 1 rings (SSSR count). The van der Waals surface area contributed by atoms with Gasteiger partial charge in [0.25, 0.3) is 0 Å². The zero-order chi connectivity index (χ0) is 9.19. The summed E-state index contributed by atoms with van der Waals surface area (Å²) in [7, 11) is 0. The molecule has 0 fully saturated rings. The summed E-state index contributed by atoms with van der Waals surface area (Å²) < 4.78 is 0. The Morgan fingerprint density at radius 2 is 2.33 bits per heavy atom. The van der Waals surface area contributed by atoms with Crippen LogP contribution in [0.15, 0.2) is 37.0 Å². The Morgan fingerprint density at radius 3 is 2.75 bits per heavy atom. The first-order valence-electron chi connectivity index (χ1n) is 3.82. The molecular weight excluding hydrogens is 152 g/mol. The van der Waals surface area contributed by atoms with Crippen LogP contribution in [0.25, 0.3) is 0 Å². The molecule has 0 saturated carbocycles. The van der Waals surface area contributed by atoms with E-state index in [-0.39, 0.29) is 0 Å². The van der Waals surface area contributed by atoms with Gasteiger partial charge < -0.3 is 5.11 Å². The fourth-order valence-corrected chi connectivity index (χ4v) is 1.29. The van der Waals surface area contributed by atoms with Crippen LogP contribution in [-0.2, 0) is 4.79 Å². The first-order chi connectivity index (χ1) is 5.60. The molecule has 0 saturated heterocycles. The summed E-state index contributed by atoms with van der Waals surface area (Å²) >= 11 is 0. The van der Waals surface area contributed by atoms with Gasteiger partial charge in [-0.15, -0.1) is 6.58 Å². The highest BCUT2D eigenvalue weighted by molar-refractivity contribution is 5.74. The predicted molar refractivity (Wildman–Crippen MR) is 47.7 cm³/mol. The molecule has 0 aromatic rings. The Hall–Kier alpha value is -1.31. The Morgan fingerprint density at radius 1 is 1.67 bits per heavy atom. The average molecular weight is 164 g/mol. The van der Waals surface area contributed by atoms with E-state index >= 15 is 0 Å². The highest BCUT2D eigenvalue weighted by Gasteiger charge is 2.33. The molecule has 0 aromatic carbocycles. The quantitative estimate of drug-likeness (QED) is 0.634. The van der Waals surface area contributed by atoms with Gasteiger partial charge in [-0.2, -0.15) is 0 Å². The summed E-state index contributed by atoms with van der Waals surface area (Å²) in [6, 6.07) is 0. The maximum atomic E-state index is 10.8. The summed E-state index contributed by atoms with van der Waals surface area (Å²) in [5, 5.41) is 8.87. The summed E-state index contributed by atoms with van der Waals surface area (Å²) in [6.07, 6.45) is 8.82. The van der Waals surface area contributed by atoms with Gasteiger partial charge in [-0.1, -0.05) is 37.3 Å². The van der Waals surface area contributed by atoms with Crippen molar-refractivity contribution in [1.29, 1.82) is 0 Å². The van der Waals surface area contributed by atoms with Crippen LogP contribution in [0, 0.1) is 11.3 Å². The fraction of sp³-hybridized carbons (Fsp3) is 0.300. The van der Waals surface area contributed by atoms with Crippen molar-refractivity contribution in [2.75, 3.05) is 0 Å². The Balaban J connectivity index is 2.99. The Kier molecular flexibility index (Phi) is 2.18. The van der Waals surface area contributed by atoms with E-state index in [0.29, 0.717) is 0 Å². The lowest BCUT2D eigenvalue weighted by atomic mass is 9.74. The largest absolute Gasteiger partial charge is 0.481 e. The number of rotatable bonds is 2. The van der Waals surface area contributed by atoms with Gasteiger partial charge in [0, 0.05) is 5.41 Å². The maximum absolute atomic E-state index is 10.8. The van der Waals surface area contributed by atoms with Gasteiger partial charge >= 0.3 is 5.97 Å². The maximum Gasteiger partial charge on any atom is 0.311 e. The molecule has 0 bridgehead atoms. The number of carbonyl (C=O) groups is 1. The Bertz CT molecular complexity index is 263. The number of allylic oxidation sites excluding steroid dienone is 4. The summed E-state index contributed by atoms with van der Waals surface area (Å²) in [6.45, 7) is 5.50. The highest BCUT2D eigenvalue weighted by Crippen LogP contribution is 2.34. The molecular formula is C10H12O2. The van der Waals surface area contributed by atoms with E-state index in [2.05, 4.69) is 6.58 Å². The molecule has 0 aromatic heterocycles. The van der Waals surface area contributed by atoms with Crippen molar-refractivity contribution in [3.63, 3.8) is 0 Å². The number of hydrogen-bond donors (Lipinski definition) is 1. The molecule has 1 aliphatic rings. The van der Waals surface area contributed by atoms with E-state index in [4.69, 9.17) is 5.11 Å². The monoisotopic (exact) mass is 164 g/mol. The van der Waals surface area contributed by atoms with Crippen molar-refractivity contribution in [3.05, 3.63) is 37.0 Å². The molecule has 1 N–H and O–H groups in total. The van der Waals surface area contributed by atoms with E-state index in [9.17, 15) is 4.79 Å². The van der Waals surface area contributed by atoms with Crippen molar-refractivity contribution in [3.8, 4) is 0 Å². The Labute approximate surface area is 71.9 Å². The minimum atomic E-state index is -0.807. The van der Waals surface area contributed by atoms with Gasteiger partial charge in [0.05, 0.1) is 5.92 Å². The molecule has 1 aliphatic carbocycles. The summed E-state index contributed by atoms with van der Waals surface area (Å²) in [4.78, 5) is 10.8. The molecule has 0 radical (unpaired) electrons. The third kappa shape index (κ3) is 1.33. The summed E-state index contributed by atoms with van der Waals surface area (Å²) in [5.41, 5.74) is -0.444. The molecule has 0 spiro atoms. The van der Waals surface area contributed by atoms with E-state index in [1.807, 2.05) is 19.1 Å². The smallest absolute Gasteiger partial charge is 0.311 e. The minimum Gasteiger partial charge on any atom is -0.481 e. The predicted octanol–water partition coefficient (Wildman–Crippen LogP) is 2.01. The van der Waals surface area contributed by atoms with Gasteiger partial charge in [-0.05, 0) is 0 Å². The second-order valence-electron chi connectivity index (χ2n) is 3.13. The van der Waals surface area contributed by atoms with E-state index in [1.54, 1.807) is 18.2 Å². The molecule has 12 heavy (non-hydrogen) atoms. The van der Waals surface area contributed by atoms with Gasteiger partial charge in [-0.3, -0.25) is 4.79 Å². The van der Waals surface area contributed by atoms with Gasteiger partial charge in [-0.25, -0.2) is 0 Å². The third-order valence-electron chi connectivity index (χ3n) is 2.25. The minimum absolute atomic E-state index is 0.444. The molecule has 2 unspecified atom stereocenters. The van der Waals surface area contributed by atoms with Crippen LogP contribution in [0.2, 0.25) is 0 Å². The van der Waals surface area contributed by atoms with Crippen molar-refractivity contribution in [1.82, 2.24) is 0 Å². The van der Waals surface area contributed by atoms with Crippen LogP contribution in [0.3, 0.4) is 0 Å². The van der Waals surface area contributed by atoms with Crippen LogP contribution < -0.4 is 0 Å². The molecule has 0 amide bonds. The summed E-state index contributed by atoms with van der Waals surface area (Å²) in [5.74, 6) is -1.29. The van der Waals surface area contributed by atoms with Crippen LogP contribution in [0.4, 0.5) is 0 Å². The van der Waals surface area contributed by atoms with E-state index < -0.39 is 17.3 Å². The van der Waals surface area contributed by atoms with Crippen LogP contribution in [0.5, 0.6) is 0 Å². The molecule has 2 heteroatoms. The molecule has 2 nitrogen and oxygen atoms in total. The second-order valence-corrected chi connectivity index (χ2v) is 3.13. The first kappa shape index (κ1) is 8.78. The zero-order valence-corrected chi connectivity index (χ0v) is 7.03. The number of carboxylic acids is 1. The van der Waals surface area contributed by atoms with Crippen molar-refractivity contribution in [2.24, 2.45) is 11.3 Å². The van der Waals surface area contributed by atoms with E-state index in [1.165, 1.54) is 0 Å². The van der Waals surface area contributed by atoms with Crippen molar-refractivity contribution in [2.45, 2.75) is 6.92 Å². The zero-order valence-electron chi connectivity index (χ0n) is 7.03. The second kappa shape index (κ2) is 2.97. The average Bonchev–Trinajstić information content (AvgIpc) is 2.05. The highest BCUT2D eigenvalue weighted by atomic mass is 16.4. The van der Waals surface area contributed by atoms with Gasteiger partial charge in [0.1, 0.15) is 0 Å². The van der Waals surface area contributed by atoms with Gasteiger partial charge in [0.15, 0.2) is 0 Å². The molecule has 2 atom stereocenters. The van der Waals surface area contributed by atoms with E-state index in [0.717, 1.165) is 0 Å². The molecule has 0 heterocycles. The topological polar surface area (TPSA) is 37.3 Å². The normalized spacial score (nSPS) is 33.2. The number of hydrogen-bond acceptors (Lipinski definition) is 1. The standard InChI is InChI=1S/C10H12O2/c1-3-10(2)7-5-4-6-8(10)9(11)12/h3-8H,1H2,2H3,(H,11,12). The SMILES string of the molecule is C=CC1(C)C=CC=CC1C(=O)O. The van der Waals surface area contributed by atoms with Crippen LogP contribution in [0.1, 0.15) is 6.92 Å². The lowest BCUT2D eigenvalue weighted by molar-refractivity contribution is -0.142. The molecule has 64 valence electrons. The van der Waals surface area contributed by atoms with Gasteiger partial charge in [0.2, 0.25) is 0 Å². The lowest BCUT2D eigenvalue weighted by Gasteiger charge is -2.28. The van der Waals surface area contributed by atoms with Crippen molar-refractivity contribution < 1.29 is 9.90 Å².